The Morgan fingerprint density at radius 3 is 2.86 bits per heavy atom. The van der Waals surface area contributed by atoms with Crippen LogP contribution in [0.3, 0.4) is 0 Å². The zero-order valence-electron chi connectivity index (χ0n) is 11.5. The number of nitrogen functional groups attached to an aromatic ring is 1. The molecule has 6 nitrogen and oxygen atoms in total. The van der Waals surface area contributed by atoms with Gasteiger partial charge < -0.3 is 15.8 Å². The second-order valence-corrected chi connectivity index (χ2v) is 4.83. The first-order valence-electron chi connectivity index (χ1n) is 6.84. The standard InChI is InChI=1S/C15H16N4O2/c16-14-13(15(20)19-12-7-4-8-21-12)18-11(9-17-14)10-5-2-1-3-6-10/h1-3,5-6,9,12H,4,7-8H2,(H2,16,17)(H,19,20). The second-order valence-electron chi connectivity index (χ2n) is 4.83. The van der Waals surface area contributed by atoms with Crippen molar-refractivity contribution >= 4 is 11.7 Å². The van der Waals surface area contributed by atoms with Crippen LogP contribution >= 0.6 is 0 Å². The van der Waals surface area contributed by atoms with Gasteiger partial charge in [-0.15, -0.1) is 0 Å². The molecular formula is C15H16N4O2. The monoisotopic (exact) mass is 284 g/mol. The molecule has 2 heterocycles. The molecule has 3 N–H and O–H groups in total. The summed E-state index contributed by atoms with van der Waals surface area (Å²) in [5.41, 5.74) is 7.40. The van der Waals surface area contributed by atoms with Gasteiger partial charge in [0.25, 0.3) is 5.91 Å². The molecule has 1 amide bonds. The van der Waals surface area contributed by atoms with Crippen molar-refractivity contribution in [2.75, 3.05) is 12.3 Å². The van der Waals surface area contributed by atoms with Gasteiger partial charge in [-0.05, 0) is 12.8 Å². The Morgan fingerprint density at radius 2 is 2.14 bits per heavy atom. The molecule has 1 atom stereocenters. The van der Waals surface area contributed by atoms with E-state index in [9.17, 15) is 4.79 Å². The van der Waals surface area contributed by atoms with Crippen molar-refractivity contribution < 1.29 is 9.53 Å². The summed E-state index contributed by atoms with van der Waals surface area (Å²) in [7, 11) is 0. The minimum Gasteiger partial charge on any atom is -0.382 e. The van der Waals surface area contributed by atoms with Crippen LogP contribution < -0.4 is 11.1 Å². The van der Waals surface area contributed by atoms with Gasteiger partial charge in [0.15, 0.2) is 11.5 Å². The van der Waals surface area contributed by atoms with E-state index in [-0.39, 0.29) is 23.6 Å². The summed E-state index contributed by atoms with van der Waals surface area (Å²) in [6.45, 7) is 0.663. The zero-order chi connectivity index (χ0) is 14.7. The van der Waals surface area contributed by atoms with Gasteiger partial charge in [0, 0.05) is 12.2 Å². The van der Waals surface area contributed by atoms with E-state index in [2.05, 4.69) is 15.3 Å². The van der Waals surface area contributed by atoms with Crippen molar-refractivity contribution in [2.24, 2.45) is 0 Å². The number of carbonyl (C=O) groups excluding carboxylic acids is 1. The summed E-state index contributed by atoms with van der Waals surface area (Å²) in [5, 5.41) is 2.77. The first kappa shape index (κ1) is 13.5. The molecule has 1 aliphatic rings. The fourth-order valence-corrected chi connectivity index (χ4v) is 2.22. The Bertz CT molecular complexity index is 639. The summed E-state index contributed by atoms with van der Waals surface area (Å²) in [5.74, 6) is -0.241. The molecule has 1 unspecified atom stereocenters. The molecule has 2 aromatic rings. The maximum absolute atomic E-state index is 12.2. The number of anilines is 1. The summed E-state index contributed by atoms with van der Waals surface area (Å²) >= 11 is 0. The number of amides is 1. The summed E-state index contributed by atoms with van der Waals surface area (Å²) < 4.78 is 5.38. The molecule has 21 heavy (non-hydrogen) atoms. The van der Waals surface area contributed by atoms with Crippen LogP contribution in [-0.4, -0.2) is 28.7 Å². The van der Waals surface area contributed by atoms with E-state index >= 15 is 0 Å². The van der Waals surface area contributed by atoms with Crippen molar-refractivity contribution in [1.29, 1.82) is 0 Å². The van der Waals surface area contributed by atoms with Crippen LogP contribution in [0, 0.1) is 0 Å². The number of nitrogens with one attached hydrogen (secondary N) is 1. The van der Waals surface area contributed by atoms with Crippen molar-refractivity contribution in [1.82, 2.24) is 15.3 Å². The molecule has 108 valence electrons. The number of rotatable bonds is 3. The lowest BCUT2D eigenvalue weighted by Gasteiger charge is -2.12. The lowest BCUT2D eigenvalue weighted by Crippen LogP contribution is -2.35. The molecule has 1 aromatic heterocycles. The fraction of sp³-hybridized carbons (Fsp3) is 0.267. The maximum atomic E-state index is 12.2. The lowest BCUT2D eigenvalue weighted by molar-refractivity contribution is 0.0636. The number of ether oxygens (including phenoxy) is 1. The number of hydrogen-bond acceptors (Lipinski definition) is 5. The zero-order valence-corrected chi connectivity index (χ0v) is 11.5. The minimum absolute atomic E-state index is 0.116. The average molecular weight is 284 g/mol. The highest BCUT2D eigenvalue weighted by Gasteiger charge is 2.21. The molecule has 0 radical (unpaired) electrons. The van der Waals surface area contributed by atoms with E-state index in [4.69, 9.17) is 10.5 Å². The van der Waals surface area contributed by atoms with E-state index in [1.165, 1.54) is 0 Å². The van der Waals surface area contributed by atoms with E-state index in [1.807, 2.05) is 30.3 Å². The Balaban J connectivity index is 1.85. The molecule has 0 aliphatic carbocycles. The van der Waals surface area contributed by atoms with Gasteiger partial charge in [0.1, 0.15) is 6.23 Å². The van der Waals surface area contributed by atoms with Gasteiger partial charge in [-0.3, -0.25) is 4.79 Å². The predicted molar refractivity (Wildman–Crippen MR) is 78.3 cm³/mol. The molecular weight excluding hydrogens is 268 g/mol. The van der Waals surface area contributed by atoms with Crippen molar-refractivity contribution in [3.63, 3.8) is 0 Å². The predicted octanol–water partition coefficient (Wildman–Crippen LogP) is 1.59. The van der Waals surface area contributed by atoms with Crippen molar-refractivity contribution in [2.45, 2.75) is 19.1 Å². The number of aromatic nitrogens is 2. The van der Waals surface area contributed by atoms with Crippen LogP contribution in [0.5, 0.6) is 0 Å². The number of benzene rings is 1. The van der Waals surface area contributed by atoms with Crippen LogP contribution in [0.2, 0.25) is 0 Å². The Morgan fingerprint density at radius 1 is 1.33 bits per heavy atom. The molecule has 1 saturated heterocycles. The molecule has 1 fully saturated rings. The highest BCUT2D eigenvalue weighted by Crippen LogP contribution is 2.18. The van der Waals surface area contributed by atoms with Gasteiger partial charge >= 0.3 is 0 Å². The maximum Gasteiger partial charge on any atom is 0.275 e. The van der Waals surface area contributed by atoms with Crippen LogP contribution in [0.1, 0.15) is 23.3 Å². The fourth-order valence-electron chi connectivity index (χ4n) is 2.22. The molecule has 3 rings (SSSR count). The Kier molecular flexibility index (Phi) is 3.79. The van der Waals surface area contributed by atoms with E-state index in [0.717, 1.165) is 18.4 Å². The smallest absolute Gasteiger partial charge is 0.275 e. The van der Waals surface area contributed by atoms with E-state index in [0.29, 0.717) is 12.3 Å². The molecule has 0 bridgehead atoms. The van der Waals surface area contributed by atoms with E-state index < -0.39 is 0 Å². The Labute approximate surface area is 122 Å². The van der Waals surface area contributed by atoms with Gasteiger partial charge in [0.05, 0.1) is 11.9 Å². The summed E-state index contributed by atoms with van der Waals surface area (Å²) in [6.07, 6.45) is 3.04. The molecule has 1 aromatic carbocycles. The lowest BCUT2D eigenvalue weighted by atomic mass is 10.1. The van der Waals surface area contributed by atoms with Crippen LogP contribution in [0.4, 0.5) is 5.82 Å². The molecule has 1 aliphatic heterocycles. The third-order valence-corrected chi connectivity index (χ3v) is 3.31. The topological polar surface area (TPSA) is 90.1 Å². The Hall–Kier alpha value is -2.47. The number of carbonyl (C=O) groups is 1. The van der Waals surface area contributed by atoms with Gasteiger partial charge in [-0.25, -0.2) is 9.97 Å². The average Bonchev–Trinajstić information content (AvgIpc) is 3.01. The van der Waals surface area contributed by atoms with Crippen LogP contribution in [0.15, 0.2) is 36.5 Å². The number of hydrogen-bond donors (Lipinski definition) is 2. The van der Waals surface area contributed by atoms with Gasteiger partial charge in [-0.1, -0.05) is 30.3 Å². The van der Waals surface area contributed by atoms with Crippen LogP contribution in [-0.2, 0) is 4.74 Å². The second kappa shape index (κ2) is 5.88. The first-order chi connectivity index (χ1) is 10.2. The van der Waals surface area contributed by atoms with Crippen molar-refractivity contribution in [3.8, 4) is 11.3 Å². The quantitative estimate of drug-likeness (QED) is 0.893. The normalized spacial score (nSPS) is 17.6. The third-order valence-electron chi connectivity index (χ3n) is 3.31. The molecule has 0 spiro atoms. The van der Waals surface area contributed by atoms with E-state index in [1.54, 1.807) is 6.20 Å². The van der Waals surface area contributed by atoms with Crippen molar-refractivity contribution in [3.05, 3.63) is 42.2 Å². The SMILES string of the molecule is Nc1ncc(-c2ccccc2)nc1C(=O)NC1CCCO1. The van der Waals surface area contributed by atoms with Gasteiger partial charge in [-0.2, -0.15) is 0 Å². The van der Waals surface area contributed by atoms with Crippen LogP contribution in [0.25, 0.3) is 11.3 Å². The first-order valence-corrected chi connectivity index (χ1v) is 6.84. The highest BCUT2D eigenvalue weighted by molar-refractivity contribution is 5.96. The minimum atomic E-state index is -0.357. The highest BCUT2D eigenvalue weighted by atomic mass is 16.5. The largest absolute Gasteiger partial charge is 0.382 e. The molecule has 0 saturated carbocycles. The third kappa shape index (κ3) is 3.00. The number of nitrogens with two attached hydrogens (primary N) is 1. The summed E-state index contributed by atoms with van der Waals surface area (Å²) in [6, 6.07) is 9.53. The molecule has 6 heteroatoms. The van der Waals surface area contributed by atoms with Gasteiger partial charge in [0.2, 0.25) is 0 Å². The summed E-state index contributed by atoms with van der Waals surface area (Å²) in [4.78, 5) is 20.6. The number of nitrogens with zero attached hydrogens (tertiary/aromatic N) is 2.